The summed E-state index contributed by atoms with van der Waals surface area (Å²) in [6, 6.07) is 0. The van der Waals surface area contributed by atoms with Gasteiger partial charge in [0, 0.05) is 13.7 Å². The first kappa shape index (κ1) is 12.6. The minimum Gasteiger partial charge on any atom is -0.393 e. The van der Waals surface area contributed by atoms with Crippen LogP contribution in [0.25, 0.3) is 0 Å². The highest BCUT2D eigenvalue weighted by Gasteiger charge is 2.01. The molecule has 3 heteroatoms. The molecular formula is C10H20O3. The van der Waals surface area contributed by atoms with Crippen molar-refractivity contribution in [3.8, 4) is 0 Å². The van der Waals surface area contributed by atoms with Crippen LogP contribution in [0.1, 0.15) is 19.3 Å². The Hall–Kier alpha value is -0.380. The summed E-state index contributed by atoms with van der Waals surface area (Å²) in [5.74, 6) is 0. The molecule has 0 aromatic carbocycles. The second-order valence-corrected chi connectivity index (χ2v) is 2.91. The highest BCUT2D eigenvalue weighted by molar-refractivity contribution is 4.68. The molecule has 0 aliphatic carbocycles. The third-order valence-electron chi connectivity index (χ3n) is 1.73. The van der Waals surface area contributed by atoms with Crippen LogP contribution in [-0.2, 0) is 9.47 Å². The van der Waals surface area contributed by atoms with Gasteiger partial charge in [-0.3, -0.25) is 0 Å². The first-order valence-electron chi connectivity index (χ1n) is 4.67. The first-order chi connectivity index (χ1) is 6.31. The van der Waals surface area contributed by atoms with E-state index in [0.717, 1.165) is 12.8 Å². The van der Waals surface area contributed by atoms with Crippen LogP contribution in [0.2, 0.25) is 0 Å². The maximum Gasteiger partial charge on any atom is 0.0700 e. The number of rotatable bonds is 9. The van der Waals surface area contributed by atoms with E-state index < -0.39 is 0 Å². The van der Waals surface area contributed by atoms with E-state index in [4.69, 9.17) is 9.47 Å². The van der Waals surface area contributed by atoms with E-state index in [1.165, 1.54) is 0 Å². The molecule has 13 heavy (non-hydrogen) atoms. The van der Waals surface area contributed by atoms with Gasteiger partial charge in [0.05, 0.1) is 19.3 Å². The second-order valence-electron chi connectivity index (χ2n) is 2.91. The molecule has 1 N–H and O–H groups in total. The summed E-state index contributed by atoms with van der Waals surface area (Å²) in [6.07, 6.45) is 3.88. The molecule has 1 atom stereocenters. The standard InChI is InChI=1S/C10H20O3/c1-3-4-5-10(11)6-7-13-9-8-12-2/h3,10-11H,1,4-9H2,2H3. The van der Waals surface area contributed by atoms with Gasteiger partial charge in [0.2, 0.25) is 0 Å². The molecule has 0 rings (SSSR count). The zero-order valence-electron chi connectivity index (χ0n) is 8.37. The Bertz CT molecular complexity index is 115. The fourth-order valence-electron chi connectivity index (χ4n) is 0.918. The quantitative estimate of drug-likeness (QED) is 0.438. The lowest BCUT2D eigenvalue weighted by atomic mass is 10.1. The Labute approximate surface area is 80.4 Å². The maximum absolute atomic E-state index is 9.38. The topological polar surface area (TPSA) is 38.7 Å². The van der Waals surface area contributed by atoms with Gasteiger partial charge < -0.3 is 14.6 Å². The highest BCUT2D eigenvalue weighted by Crippen LogP contribution is 2.01. The Morgan fingerprint density at radius 2 is 2.08 bits per heavy atom. The molecule has 0 spiro atoms. The fourth-order valence-corrected chi connectivity index (χ4v) is 0.918. The van der Waals surface area contributed by atoms with E-state index >= 15 is 0 Å². The van der Waals surface area contributed by atoms with Crippen LogP contribution in [0, 0.1) is 0 Å². The normalized spacial score (nSPS) is 12.8. The van der Waals surface area contributed by atoms with Crippen molar-refractivity contribution in [3.05, 3.63) is 12.7 Å². The monoisotopic (exact) mass is 188 g/mol. The van der Waals surface area contributed by atoms with E-state index in [9.17, 15) is 5.11 Å². The van der Waals surface area contributed by atoms with E-state index in [2.05, 4.69) is 6.58 Å². The molecule has 0 saturated heterocycles. The SMILES string of the molecule is C=CCCC(O)CCOCCOC. The largest absolute Gasteiger partial charge is 0.393 e. The summed E-state index contributed by atoms with van der Waals surface area (Å²) in [5, 5.41) is 9.38. The van der Waals surface area contributed by atoms with Gasteiger partial charge in [-0.25, -0.2) is 0 Å². The van der Waals surface area contributed by atoms with Gasteiger partial charge in [0.25, 0.3) is 0 Å². The predicted molar refractivity (Wildman–Crippen MR) is 52.7 cm³/mol. The summed E-state index contributed by atoms with van der Waals surface area (Å²) in [6.45, 7) is 5.41. The summed E-state index contributed by atoms with van der Waals surface area (Å²) in [5.41, 5.74) is 0. The Balaban J connectivity index is 3.07. The molecule has 0 aliphatic heterocycles. The third-order valence-corrected chi connectivity index (χ3v) is 1.73. The van der Waals surface area contributed by atoms with Crippen LogP contribution < -0.4 is 0 Å². The summed E-state index contributed by atoms with van der Waals surface area (Å²) >= 11 is 0. The predicted octanol–water partition coefficient (Wildman–Crippen LogP) is 1.37. The van der Waals surface area contributed by atoms with Crippen molar-refractivity contribution in [3.63, 3.8) is 0 Å². The number of allylic oxidation sites excluding steroid dienone is 1. The molecule has 1 unspecified atom stereocenters. The lowest BCUT2D eigenvalue weighted by molar-refractivity contribution is 0.0462. The summed E-state index contributed by atoms with van der Waals surface area (Å²) in [4.78, 5) is 0. The van der Waals surface area contributed by atoms with Crippen LogP contribution in [-0.4, -0.2) is 38.1 Å². The molecular weight excluding hydrogens is 168 g/mol. The van der Waals surface area contributed by atoms with E-state index in [-0.39, 0.29) is 6.10 Å². The second kappa shape index (κ2) is 9.71. The number of methoxy groups -OCH3 is 1. The van der Waals surface area contributed by atoms with Crippen LogP contribution in [0.4, 0.5) is 0 Å². The lowest BCUT2D eigenvalue weighted by Gasteiger charge is -2.09. The van der Waals surface area contributed by atoms with Crippen molar-refractivity contribution >= 4 is 0 Å². The number of aliphatic hydroxyl groups excluding tert-OH is 1. The molecule has 3 nitrogen and oxygen atoms in total. The van der Waals surface area contributed by atoms with E-state index in [1.807, 2.05) is 6.08 Å². The van der Waals surface area contributed by atoms with Gasteiger partial charge in [-0.05, 0) is 19.3 Å². The molecule has 78 valence electrons. The molecule has 0 heterocycles. The van der Waals surface area contributed by atoms with Crippen molar-refractivity contribution < 1.29 is 14.6 Å². The number of ether oxygens (including phenoxy) is 2. The number of hydrogen-bond donors (Lipinski definition) is 1. The summed E-state index contributed by atoms with van der Waals surface area (Å²) < 4.78 is 10.0. The first-order valence-corrected chi connectivity index (χ1v) is 4.67. The third kappa shape index (κ3) is 9.53. The molecule has 0 fully saturated rings. The van der Waals surface area contributed by atoms with Gasteiger partial charge in [-0.1, -0.05) is 6.08 Å². The van der Waals surface area contributed by atoms with Crippen LogP contribution in [0.3, 0.4) is 0 Å². The van der Waals surface area contributed by atoms with E-state index in [1.54, 1.807) is 7.11 Å². The van der Waals surface area contributed by atoms with Crippen molar-refractivity contribution in [2.45, 2.75) is 25.4 Å². The Morgan fingerprint density at radius 3 is 2.69 bits per heavy atom. The Morgan fingerprint density at radius 1 is 1.31 bits per heavy atom. The van der Waals surface area contributed by atoms with Gasteiger partial charge >= 0.3 is 0 Å². The van der Waals surface area contributed by atoms with Crippen molar-refractivity contribution in [2.75, 3.05) is 26.9 Å². The smallest absolute Gasteiger partial charge is 0.0700 e. The zero-order chi connectivity index (χ0) is 9.94. The zero-order valence-corrected chi connectivity index (χ0v) is 8.37. The minimum atomic E-state index is -0.263. The number of hydrogen-bond acceptors (Lipinski definition) is 3. The maximum atomic E-state index is 9.38. The summed E-state index contributed by atoms with van der Waals surface area (Å²) in [7, 11) is 1.64. The van der Waals surface area contributed by atoms with Crippen molar-refractivity contribution in [1.29, 1.82) is 0 Å². The average Bonchev–Trinajstić information content (AvgIpc) is 2.14. The van der Waals surface area contributed by atoms with Gasteiger partial charge in [-0.15, -0.1) is 6.58 Å². The fraction of sp³-hybridized carbons (Fsp3) is 0.800. The molecule has 0 radical (unpaired) electrons. The van der Waals surface area contributed by atoms with E-state index in [0.29, 0.717) is 26.2 Å². The molecule has 0 bridgehead atoms. The van der Waals surface area contributed by atoms with Gasteiger partial charge in [-0.2, -0.15) is 0 Å². The minimum absolute atomic E-state index is 0.263. The molecule has 0 aromatic rings. The van der Waals surface area contributed by atoms with Crippen LogP contribution in [0.5, 0.6) is 0 Å². The molecule has 0 aliphatic rings. The van der Waals surface area contributed by atoms with Gasteiger partial charge in [0.1, 0.15) is 0 Å². The van der Waals surface area contributed by atoms with Crippen LogP contribution in [0.15, 0.2) is 12.7 Å². The average molecular weight is 188 g/mol. The van der Waals surface area contributed by atoms with Crippen LogP contribution >= 0.6 is 0 Å². The van der Waals surface area contributed by atoms with Crippen molar-refractivity contribution in [1.82, 2.24) is 0 Å². The molecule has 0 saturated carbocycles. The van der Waals surface area contributed by atoms with Gasteiger partial charge in [0.15, 0.2) is 0 Å². The Kier molecular flexibility index (Phi) is 9.42. The van der Waals surface area contributed by atoms with Crippen molar-refractivity contribution in [2.24, 2.45) is 0 Å². The molecule has 0 aromatic heterocycles. The highest BCUT2D eigenvalue weighted by atomic mass is 16.5. The molecule has 0 amide bonds. The lowest BCUT2D eigenvalue weighted by Crippen LogP contribution is -2.11. The number of aliphatic hydroxyl groups is 1.